The molecule has 0 radical (unpaired) electrons. The molecule has 0 aliphatic heterocycles. The summed E-state index contributed by atoms with van der Waals surface area (Å²) >= 11 is 0. The molecule has 0 heterocycles. The maximum absolute atomic E-state index is 5.92. The van der Waals surface area contributed by atoms with E-state index >= 15 is 0 Å². The van der Waals surface area contributed by atoms with Crippen LogP contribution < -0.4 is 10.1 Å². The van der Waals surface area contributed by atoms with Crippen LogP contribution in [-0.4, -0.2) is 51.4 Å². The van der Waals surface area contributed by atoms with Gasteiger partial charge in [-0.25, -0.2) is 0 Å². The van der Waals surface area contributed by atoms with Crippen LogP contribution in [-0.2, 0) is 11.3 Å². The minimum Gasteiger partial charge on any atom is -0.492 e. The third-order valence-corrected chi connectivity index (χ3v) is 3.54. The Kier molecular flexibility index (Phi) is 6.30. The van der Waals surface area contributed by atoms with Gasteiger partial charge in [0.05, 0.1) is 6.61 Å². The summed E-state index contributed by atoms with van der Waals surface area (Å²) in [5, 5.41) is 3.53. The van der Waals surface area contributed by atoms with Gasteiger partial charge in [-0.05, 0) is 26.0 Å². The highest BCUT2D eigenvalue weighted by atomic mass is 16.5. The standard InChI is InChI=1S/C16H26N2O2/c1-18(9-11-19-2)10-12-20-16-6-4-3-5-14(16)13-17-15-7-8-15/h3-6,15,17H,7-13H2,1-2H3. The number of nitrogens with one attached hydrogen (secondary N) is 1. The van der Waals surface area contributed by atoms with Crippen molar-refractivity contribution in [2.45, 2.75) is 25.4 Å². The van der Waals surface area contributed by atoms with Gasteiger partial charge >= 0.3 is 0 Å². The lowest BCUT2D eigenvalue weighted by Gasteiger charge is -2.17. The van der Waals surface area contributed by atoms with E-state index in [1.54, 1.807) is 7.11 Å². The van der Waals surface area contributed by atoms with E-state index in [1.165, 1.54) is 18.4 Å². The van der Waals surface area contributed by atoms with Crippen molar-refractivity contribution in [1.29, 1.82) is 0 Å². The molecule has 0 atom stereocenters. The molecule has 0 unspecified atom stereocenters. The van der Waals surface area contributed by atoms with Crippen LogP contribution in [0.1, 0.15) is 18.4 Å². The van der Waals surface area contributed by atoms with Crippen molar-refractivity contribution < 1.29 is 9.47 Å². The highest BCUT2D eigenvalue weighted by Gasteiger charge is 2.20. The van der Waals surface area contributed by atoms with E-state index in [0.717, 1.165) is 38.0 Å². The molecular formula is C16H26N2O2. The molecule has 4 nitrogen and oxygen atoms in total. The summed E-state index contributed by atoms with van der Waals surface area (Å²) in [5.74, 6) is 1.00. The molecule has 2 rings (SSSR count). The number of likely N-dealkylation sites (N-methyl/N-ethyl adjacent to an activating group) is 1. The van der Waals surface area contributed by atoms with Gasteiger partial charge < -0.3 is 19.7 Å². The van der Waals surface area contributed by atoms with Crippen molar-refractivity contribution in [3.05, 3.63) is 29.8 Å². The SMILES string of the molecule is COCCN(C)CCOc1ccccc1CNC1CC1. The minimum absolute atomic E-state index is 0.709. The van der Waals surface area contributed by atoms with Crippen LogP contribution in [0.4, 0.5) is 0 Å². The van der Waals surface area contributed by atoms with Crippen molar-refractivity contribution in [1.82, 2.24) is 10.2 Å². The highest BCUT2D eigenvalue weighted by Crippen LogP contribution is 2.22. The zero-order valence-electron chi connectivity index (χ0n) is 12.6. The second-order valence-corrected chi connectivity index (χ2v) is 5.41. The van der Waals surface area contributed by atoms with Crippen LogP contribution >= 0.6 is 0 Å². The van der Waals surface area contributed by atoms with Gasteiger partial charge in [0.25, 0.3) is 0 Å². The third kappa shape index (κ3) is 5.49. The maximum Gasteiger partial charge on any atom is 0.123 e. The van der Waals surface area contributed by atoms with Crippen LogP contribution in [0.2, 0.25) is 0 Å². The summed E-state index contributed by atoms with van der Waals surface area (Å²) in [6.07, 6.45) is 2.63. The van der Waals surface area contributed by atoms with E-state index in [4.69, 9.17) is 9.47 Å². The van der Waals surface area contributed by atoms with E-state index < -0.39 is 0 Å². The quantitative estimate of drug-likeness (QED) is 0.709. The number of hydrogen-bond acceptors (Lipinski definition) is 4. The van der Waals surface area contributed by atoms with Gasteiger partial charge in [0.15, 0.2) is 0 Å². The highest BCUT2D eigenvalue weighted by molar-refractivity contribution is 5.33. The molecule has 0 saturated heterocycles. The molecule has 1 aromatic rings. The van der Waals surface area contributed by atoms with Crippen LogP contribution in [0.3, 0.4) is 0 Å². The molecule has 1 aliphatic rings. The zero-order chi connectivity index (χ0) is 14.2. The molecule has 0 bridgehead atoms. The van der Waals surface area contributed by atoms with Gasteiger partial charge in [-0.2, -0.15) is 0 Å². The van der Waals surface area contributed by atoms with Gasteiger partial charge in [-0.15, -0.1) is 0 Å². The van der Waals surface area contributed by atoms with Crippen LogP contribution in [0.5, 0.6) is 5.75 Å². The van der Waals surface area contributed by atoms with E-state index in [2.05, 4.69) is 35.5 Å². The van der Waals surface area contributed by atoms with E-state index in [-0.39, 0.29) is 0 Å². The Hall–Kier alpha value is -1.10. The molecule has 20 heavy (non-hydrogen) atoms. The summed E-state index contributed by atoms with van der Waals surface area (Å²) in [6.45, 7) is 4.22. The molecule has 0 aromatic heterocycles. The van der Waals surface area contributed by atoms with Crippen molar-refractivity contribution >= 4 is 0 Å². The van der Waals surface area contributed by atoms with Gasteiger partial charge in [-0.3, -0.25) is 0 Å². The number of rotatable bonds is 10. The Bertz CT molecular complexity index is 394. The first-order chi connectivity index (χ1) is 9.79. The van der Waals surface area contributed by atoms with Crippen LogP contribution in [0.15, 0.2) is 24.3 Å². The molecule has 1 N–H and O–H groups in total. The smallest absolute Gasteiger partial charge is 0.123 e. The number of para-hydroxylation sites is 1. The predicted octanol–water partition coefficient (Wildman–Crippen LogP) is 1.90. The maximum atomic E-state index is 5.92. The fraction of sp³-hybridized carbons (Fsp3) is 0.625. The number of benzene rings is 1. The second kappa shape index (κ2) is 8.25. The molecule has 0 spiro atoms. The first-order valence-corrected chi connectivity index (χ1v) is 7.41. The van der Waals surface area contributed by atoms with Crippen molar-refractivity contribution in [3.8, 4) is 5.75 Å². The Labute approximate surface area is 122 Å². The van der Waals surface area contributed by atoms with Gasteiger partial charge in [0.1, 0.15) is 12.4 Å². The Morgan fingerprint density at radius 3 is 2.70 bits per heavy atom. The topological polar surface area (TPSA) is 33.7 Å². The zero-order valence-corrected chi connectivity index (χ0v) is 12.6. The van der Waals surface area contributed by atoms with Crippen LogP contribution in [0, 0.1) is 0 Å². The fourth-order valence-corrected chi connectivity index (χ4v) is 2.00. The van der Waals surface area contributed by atoms with Crippen LogP contribution in [0.25, 0.3) is 0 Å². The average molecular weight is 278 g/mol. The number of ether oxygens (including phenoxy) is 2. The van der Waals surface area contributed by atoms with E-state index in [9.17, 15) is 0 Å². The Morgan fingerprint density at radius 1 is 1.20 bits per heavy atom. The third-order valence-electron chi connectivity index (χ3n) is 3.54. The van der Waals surface area contributed by atoms with Crippen molar-refractivity contribution in [2.75, 3.05) is 40.5 Å². The number of methoxy groups -OCH3 is 1. The number of nitrogens with zero attached hydrogens (tertiary/aromatic N) is 1. The molecule has 4 heteroatoms. The molecule has 1 aromatic carbocycles. The monoisotopic (exact) mass is 278 g/mol. The average Bonchev–Trinajstić information content (AvgIpc) is 3.28. The van der Waals surface area contributed by atoms with Gasteiger partial charge in [0, 0.05) is 38.3 Å². The minimum atomic E-state index is 0.709. The van der Waals surface area contributed by atoms with E-state index in [0.29, 0.717) is 6.61 Å². The largest absolute Gasteiger partial charge is 0.492 e. The molecular weight excluding hydrogens is 252 g/mol. The Morgan fingerprint density at radius 2 is 1.95 bits per heavy atom. The number of hydrogen-bond donors (Lipinski definition) is 1. The first kappa shape index (κ1) is 15.3. The molecule has 1 aliphatic carbocycles. The molecule has 1 fully saturated rings. The lowest BCUT2D eigenvalue weighted by atomic mass is 10.2. The fourth-order valence-electron chi connectivity index (χ4n) is 2.00. The molecule has 0 amide bonds. The predicted molar refractivity (Wildman–Crippen MR) is 81.2 cm³/mol. The molecule has 1 saturated carbocycles. The lowest BCUT2D eigenvalue weighted by molar-refractivity contribution is 0.150. The van der Waals surface area contributed by atoms with E-state index in [1.807, 2.05) is 6.07 Å². The lowest BCUT2D eigenvalue weighted by Crippen LogP contribution is -2.27. The summed E-state index contributed by atoms with van der Waals surface area (Å²) in [5.41, 5.74) is 1.25. The van der Waals surface area contributed by atoms with Crippen molar-refractivity contribution in [2.24, 2.45) is 0 Å². The van der Waals surface area contributed by atoms with Gasteiger partial charge in [0.2, 0.25) is 0 Å². The summed E-state index contributed by atoms with van der Waals surface area (Å²) in [7, 11) is 3.82. The second-order valence-electron chi connectivity index (χ2n) is 5.41. The Balaban J connectivity index is 1.73. The summed E-state index contributed by atoms with van der Waals surface area (Å²) < 4.78 is 11.0. The first-order valence-electron chi connectivity index (χ1n) is 7.41. The molecule has 112 valence electrons. The normalized spacial score (nSPS) is 14.8. The summed E-state index contributed by atoms with van der Waals surface area (Å²) in [6, 6.07) is 9.02. The van der Waals surface area contributed by atoms with Crippen molar-refractivity contribution in [3.63, 3.8) is 0 Å². The van der Waals surface area contributed by atoms with Gasteiger partial charge in [-0.1, -0.05) is 18.2 Å². The summed E-state index contributed by atoms with van der Waals surface area (Å²) in [4.78, 5) is 2.22.